The summed E-state index contributed by atoms with van der Waals surface area (Å²) in [6, 6.07) is 0. The van der Waals surface area contributed by atoms with Crippen LogP contribution in [0, 0.1) is 0 Å². The number of aliphatic hydroxyl groups excluding tert-OH is 1. The average Bonchev–Trinajstić information content (AvgIpc) is 2.34. The molecular weight excluding hydrogens is 170 g/mol. The highest BCUT2D eigenvalue weighted by atomic mass is 16.5. The third kappa shape index (κ3) is 2.29. The molecule has 74 valence electrons. The van der Waals surface area contributed by atoms with Gasteiger partial charge in [0.2, 0.25) is 0 Å². The molecule has 1 heterocycles. The monoisotopic (exact) mass is 185 g/mol. The first-order valence-corrected chi connectivity index (χ1v) is 4.46. The fourth-order valence-electron chi connectivity index (χ4n) is 1.11. The summed E-state index contributed by atoms with van der Waals surface area (Å²) in [6.45, 7) is 6.05. The van der Waals surface area contributed by atoms with Crippen molar-refractivity contribution in [1.29, 1.82) is 0 Å². The molecule has 13 heavy (non-hydrogen) atoms. The molecule has 0 saturated carbocycles. The van der Waals surface area contributed by atoms with Gasteiger partial charge in [0, 0.05) is 12.2 Å². The molecule has 0 aliphatic carbocycles. The molecular formula is C9H15NO3. The van der Waals surface area contributed by atoms with Crippen molar-refractivity contribution in [3.63, 3.8) is 0 Å². The first-order chi connectivity index (χ1) is 6.16. The van der Waals surface area contributed by atoms with Gasteiger partial charge in [-0.2, -0.15) is 0 Å². The molecule has 0 aromatic carbocycles. The number of carbonyl (C=O) groups is 1. The summed E-state index contributed by atoms with van der Waals surface area (Å²) in [5.74, 6) is -0.325. The molecule has 2 atom stereocenters. The van der Waals surface area contributed by atoms with Gasteiger partial charge < -0.3 is 15.2 Å². The van der Waals surface area contributed by atoms with E-state index in [1.807, 2.05) is 6.92 Å². The molecule has 0 radical (unpaired) electrons. The second-order valence-electron chi connectivity index (χ2n) is 3.09. The number of aliphatic hydroxyl groups is 1. The van der Waals surface area contributed by atoms with Crippen LogP contribution in [0.25, 0.3) is 0 Å². The predicted octanol–water partition coefficient (Wildman–Crippen LogP) is 0.176. The number of ether oxygens (including phenoxy) is 1. The molecule has 4 heteroatoms. The topological polar surface area (TPSA) is 58.6 Å². The SMILES string of the molecule is C=C1C(=O)NC(OCCCC)C1O. The molecule has 0 spiro atoms. The van der Waals surface area contributed by atoms with Crippen molar-refractivity contribution < 1.29 is 14.6 Å². The van der Waals surface area contributed by atoms with E-state index in [9.17, 15) is 9.90 Å². The number of carbonyl (C=O) groups excluding carboxylic acids is 1. The first kappa shape index (κ1) is 10.2. The molecule has 4 nitrogen and oxygen atoms in total. The lowest BCUT2D eigenvalue weighted by molar-refractivity contribution is -0.118. The van der Waals surface area contributed by atoms with Crippen LogP contribution in [0.4, 0.5) is 0 Å². The smallest absolute Gasteiger partial charge is 0.251 e. The van der Waals surface area contributed by atoms with Gasteiger partial charge in [-0.3, -0.25) is 4.79 Å². The zero-order chi connectivity index (χ0) is 9.84. The van der Waals surface area contributed by atoms with Gasteiger partial charge in [-0.05, 0) is 6.42 Å². The number of nitrogens with one attached hydrogen (secondary N) is 1. The van der Waals surface area contributed by atoms with Crippen LogP contribution >= 0.6 is 0 Å². The van der Waals surface area contributed by atoms with E-state index >= 15 is 0 Å². The normalized spacial score (nSPS) is 27.8. The van der Waals surface area contributed by atoms with Crippen molar-refractivity contribution in [3.05, 3.63) is 12.2 Å². The molecule has 0 aromatic heterocycles. The Morgan fingerprint density at radius 1 is 1.69 bits per heavy atom. The summed E-state index contributed by atoms with van der Waals surface area (Å²) >= 11 is 0. The summed E-state index contributed by atoms with van der Waals surface area (Å²) in [5.41, 5.74) is 0.182. The Bertz CT molecular complexity index is 215. The Labute approximate surface area is 77.6 Å². The standard InChI is InChI=1S/C9H15NO3/c1-3-4-5-13-9-7(11)6(2)8(12)10-9/h7,9,11H,2-5H2,1H3,(H,10,12). The van der Waals surface area contributed by atoms with Crippen molar-refractivity contribution in [3.8, 4) is 0 Å². The molecule has 2 unspecified atom stereocenters. The van der Waals surface area contributed by atoms with E-state index in [1.165, 1.54) is 0 Å². The van der Waals surface area contributed by atoms with Crippen LogP contribution in [-0.4, -0.2) is 30.0 Å². The Morgan fingerprint density at radius 2 is 2.38 bits per heavy atom. The van der Waals surface area contributed by atoms with Gasteiger partial charge in [-0.15, -0.1) is 0 Å². The molecule has 1 rings (SSSR count). The number of hydrogen-bond donors (Lipinski definition) is 2. The van der Waals surface area contributed by atoms with Gasteiger partial charge in [0.1, 0.15) is 6.10 Å². The molecule has 1 aliphatic heterocycles. The number of hydrogen-bond acceptors (Lipinski definition) is 3. The van der Waals surface area contributed by atoms with E-state index in [-0.39, 0.29) is 11.5 Å². The highest BCUT2D eigenvalue weighted by Gasteiger charge is 2.34. The lowest BCUT2D eigenvalue weighted by Gasteiger charge is -2.14. The quantitative estimate of drug-likeness (QED) is 0.485. The maximum atomic E-state index is 11.0. The van der Waals surface area contributed by atoms with Gasteiger partial charge >= 0.3 is 0 Å². The van der Waals surface area contributed by atoms with Crippen molar-refractivity contribution in [2.75, 3.05) is 6.61 Å². The second kappa shape index (κ2) is 4.39. The zero-order valence-corrected chi connectivity index (χ0v) is 7.75. The van der Waals surface area contributed by atoms with Gasteiger partial charge in [0.25, 0.3) is 5.91 Å². The van der Waals surface area contributed by atoms with E-state index in [4.69, 9.17) is 4.74 Å². The van der Waals surface area contributed by atoms with Gasteiger partial charge in [0.05, 0.1) is 0 Å². The number of unbranched alkanes of at least 4 members (excludes halogenated alkanes) is 1. The fraction of sp³-hybridized carbons (Fsp3) is 0.667. The minimum Gasteiger partial charge on any atom is -0.383 e. The van der Waals surface area contributed by atoms with Crippen LogP contribution in [0.1, 0.15) is 19.8 Å². The fourth-order valence-corrected chi connectivity index (χ4v) is 1.11. The number of amides is 1. The highest BCUT2D eigenvalue weighted by molar-refractivity contribution is 5.96. The molecule has 1 saturated heterocycles. The lowest BCUT2D eigenvalue weighted by Crippen LogP contribution is -2.34. The van der Waals surface area contributed by atoms with Crippen LogP contribution in [-0.2, 0) is 9.53 Å². The minimum atomic E-state index is -0.899. The molecule has 1 aliphatic rings. The molecule has 0 bridgehead atoms. The third-order valence-electron chi connectivity index (χ3n) is 2.00. The molecule has 1 amide bonds. The first-order valence-electron chi connectivity index (χ1n) is 4.46. The van der Waals surface area contributed by atoms with E-state index < -0.39 is 12.3 Å². The maximum absolute atomic E-state index is 11.0. The Hall–Kier alpha value is -0.870. The summed E-state index contributed by atoms with van der Waals surface area (Å²) in [6.07, 6.45) is 0.444. The summed E-state index contributed by atoms with van der Waals surface area (Å²) in [4.78, 5) is 11.0. The maximum Gasteiger partial charge on any atom is 0.251 e. The zero-order valence-electron chi connectivity index (χ0n) is 7.75. The van der Waals surface area contributed by atoms with Crippen LogP contribution in [0.2, 0.25) is 0 Å². The second-order valence-corrected chi connectivity index (χ2v) is 3.09. The van der Waals surface area contributed by atoms with Gasteiger partial charge in [0.15, 0.2) is 6.23 Å². The third-order valence-corrected chi connectivity index (χ3v) is 2.00. The lowest BCUT2D eigenvalue weighted by atomic mass is 10.2. The largest absolute Gasteiger partial charge is 0.383 e. The van der Waals surface area contributed by atoms with Gasteiger partial charge in [-0.1, -0.05) is 19.9 Å². The van der Waals surface area contributed by atoms with E-state index in [1.54, 1.807) is 0 Å². The van der Waals surface area contributed by atoms with E-state index in [2.05, 4.69) is 11.9 Å². The van der Waals surface area contributed by atoms with Crippen molar-refractivity contribution in [1.82, 2.24) is 5.32 Å². The summed E-state index contributed by atoms with van der Waals surface area (Å²) < 4.78 is 5.25. The van der Waals surface area contributed by atoms with E-state index in [0.29, 0.717) is 6.61 Å². The van der Waals surface area contributed by atoms with Crippen LogP contribution < -0.4 is 5.32 Å². The summed E-state index contributed by atoms with van der Waals surface area (Å²) in [5, 5.41) is 11.9. The Balaban J connectivity index is 2.36. The van der Waals surface area contributed by atoms with Crippen molar-refractivity contribution in [2.24, 2.45) is 0 Å². The van der Waals surface area contributed by atoms with Crippen molar-refractivity contribution in [2.45, 2.75) is 32.1 Å². The average molecular weight is 185 g/mol. The summed E-state index contributed by atoms with van der Waals surface area (Å²) in [7, 11) is 0. The van der Waals surface area contributed by atoms with Crippen LogP contribution in [0.5, 0.6) is 0 Å². The molecule has 1 fully saturated rings. The van der Waals surface area contributed by atoms with Gasteiger partial charge in [-0.25, -0.2) is 0 Å². The van der Waals surface area contributed by atoms with E-state index in [0.717, 1.165) is 12.8 Å². The Kier molecular flexibility index (Phi) is 3.45. The van der Waals surface area contributed by atoms with Crippen LogP contribution in [0.15, 0.2) is 12.2 Å². The molecule has 0 aromatic rings. The van der Waals surface area contributed by atoms with Crippen LogP contribution in [0.3, 0.4) is 0 Å². The minimum absolute atomic E-state index is 0.182. The molecule has 2 N–H and O–H groups in total. The number of rotatable bonds is 4. The Morgan fingerprint density at radius 3 is 2.85 bits per heavy atom. The predicted molar refractivity (Wildman–Crippen MR) is 47.9 cm³/mol. The highest BCUT2D eigenvalue weighted by Crippen LogP contribution is 2.14. The van der Waals surface area contributed by atoms with Crippen molar-refractivity contribution >= 4 is 5.91 Å².